The molecule has 1 aromatic heterocycles. The maximum atomic E-state index is 5.70. The van der Waals surface area contributed by atoms with Crippen LogP contribution in [0.15, 0.2) is 36.7 Å². The first-order valence-electron chi connectivity index (χ1n) is 4.32. The Hall–Kier alpha value is -1.61. The Morgan fingerprint density at radius 2 is 2.00 bits per heavy atom. The summed E-state index contributed by atoms with van der Waals surface area (Å²) in [5.41, 5.74) is 0.798. The van der Waals surface area contributed by atoms with Gasteiger partial charge in [0.25, 0.3) is 0 Å². The maximum Gasteiger partial charge on any atom is 0.223 e. The average Bonchev–Trinajstić information content (AvgIpc) is 2.22. The molecule has 0 saturated heterocycles. The topological polar surface area (TPSA) is 35.0 Å². The van der Waals surface area contributed by atoms with Crippen LogP contribution in [0.1, 0.15) is 5.56 Å². The average molecular weight is 220 g/mol. The quantitative estimate of drug-likeness (QED) is 0.728. The van der Waals surface area contributed by atoms with Crippen molar-refractivity contribution in [3.8, 4) is 11.6 Å². The molecule has 2 aromatic rings. The zero-order valence-corrected chi connectivity index (χ0v) is 8.61. The van der Waals surface area contributed by atoms with Crippen molar-refractivity contribution in [3.63, 3.8) is 0 Å². The highest BCUT2D eigenvalue weighted by molar-refractivity contribution is 6.29. The minimum atomic E-state index is 0.349. The Kier molecular flexibility index (Phi) is 2.83. The van der Waals surface area contributed by atoms with Gasteiger partial charge in [0.05, 0.1) is 0 Å². The van der Waals surface area contributed by atoms with E-state index >= 15 is 0 Å². The van der Waals surface area contributed by atoms with Crippen molar-refractivity contribution in [2.24, 2.45) is 0 Å². The van der Waals surface area contributed by atoms with E-state index in [0.29, 0.717) is 16.8 Å². The Balaban J connectivity index is 2.26. The van der Waals surface area contributed by atoms with E-state index in [9.17, 15) is 0 Å². The van der Waals surface area contributed by atoms with E-state index in [1.807, 2.05) is 24.3 Å². The first-order valence-corrected chi connectivity index (χ1v) is 4.70. The molecule has 2 rings (SSSR count). The van der Waals surface area contributed by atoms with Crippen molar-refractivity contribution in [2.75, 3.05) is 0 Å². The molecule has 1 aromatic carbocycles. The number of ether oxygens (including phenoxy) is 1. The Morgan fingerprint density at radius 1 is 1.20 bits per heavy atom. The molecule has 0 amide bonds. The highest BCUT2D eigenvalue weighted by Crippen LogP contribution is 2.23. The molecule has 0 spiro atoms. The molecule has 0 aliphatic rings. The van der Waals surface area contributed by atoms with Crippen molar-refractivity contribution in [3.05, 3.63) is 54.3 Å². The van der Waals surface area contributed by atoms with Crippen LogP contribution >= 0.6 is 11.6 Å². The zero-order valence-electron chi connectivity index (χ0n) is 7.85. The number of aromatic nitrogens is 2. The van der Waals surface area contributed by atoms with Gasteiger partial charge in [-0.15, -0.1) is 0 Å². The first kappa shape index (κ1) is 9.93. The molecular formula is C11H8ClN2O. The van der Waals surface area contributed by atoms with Crippen LogP contribution in [0.3, 0.4) is 0 Å². The highest BCUT2D eigenvalue weighted by Gasteiger charge is 2.02. The van der Waals surface area contributed by atoms with Crippen molar-refractivity contribution < 1.29 is 4.74 Å². The summed E-state index contributed by atoms with van der Waals surface area (Å²) in [5.74, 6) is 1.07. The molecule has 1 heterocycles. The Bertz CT molecular complexity index is 474. The number of hydrogen-bond acceptors (Lipinski definition) is 3. The fourth-order valence-electron chi connectivity index (χ4n) is 1.09. The summed E-state index contributed by atoms with van der Waals surface area (Å²) in [4.78, 5) is 7.69. The van der Waals surface area contributed by atoms with Crippen LogP contribution in [-0.4, -0.2) is 9.97 Å². The van der Waals surface area contributed by atoms with Crippen molar-refractivity contribution in [1.82, 2.24) is 9.97 Å². The number of halogens is 1. The summed E-state index contributed by atoms with van der Waals surface area (Å²) >= 11 is 5.70. The molecule has 4 heteroatoms. The summed E-state index contributed by atoms with van der Waals surface area (Å²) in [6.07, 6.45) is 1.35. The van der Waals surface area contributed by atoms with Crippen LogP contribution in [-0.2, 0) is 0 Å². The molecule has 0 atom stereocenters. The van der Waals surface area contributed by atoms with Crippen LogP contribution < -0.4 is 4.74 Å². The molecule has 0 aliphatic heterocycles. The lowest BCUT2D eigenvalue weighted by Gasteiger charge is -2.06. The molecule has 0 fully saturated rings. The second-order valence-corrected chi connectivity index (χ2v) is 3.28. The predicted molar refractivity (Wildman–Crippen MR) is 58.0 cm³/mol. The molecule has 1 radical (unpaired) electrons. The van der Waals surface area contributed by atoms with E-state index in [0.717, 1.165) is 5.56 Å². The third-order valence-corrected chi connectivity index (χ3v) is 2.00. The van der Waals surface area contributed by atoms with Gasteiger partial charge in [0.15, 0.2) is 0 Å². The predicted octanol–water partition coefficient (Wildman–Crippen LogP) is 3.10. The lowest BCUT2D eigenvalue weighted by Crippen LogP contribution is -1.90. The molecular weight excluding hydrogens is 212 g/mol. The van der Waals surface area contributed by atoms with Crippen molar-refractivity contribution in [1.29, 1.82) is 0 Å². The van der Waals surface area contributed by atoms with Gasteiger partial charge < -0.3 is 4.74 Å². The van der Waals surface area contributed by atoms with E-state index in [1.54, 1.807) is 6.07 Å². The summed E-state index contributed by atoms with van der Waals surface area (Å²) in [5, 5.41) is 0.349. The van der Waals surface area contributed by atoms with Crippen LogP contribution in [0, 0.1) is 6.92 Å². The van der Waals surface area contributed by atoms with Crippen LogP contribution in [0.4, 0.5) is 0 Å². The zero-order chi connectivity index (χ0) is 10.7. The minimum absolute atomic E-state index is 0.349. The summed E-state index contributed by atoms with van der Waals surface area (Å²) in [7, 11) is 0. The van der Waals surface area contributed by atoms with Gasteiger partial charge in [-0.1, -0.05) is 29.8 Å². The van der Waals surface area contributed by atoms with Crippen LogP contribution in [0.25, 0.3) is 0 Å². The van der Waals surface area contributed by atoms with Gasteiger partial charge in [-0.05, 0) is 18.6 Å². The van der Waals surface area contributed by atoms with Crippen LogP contribution in [0.2, 0.25) is 5.15 Å². The van der Waals surface area contributed by atoms with E-state index < -0.39 is 0 Å². The first-order chi connectivity index (χ1) is 7.25. The smallest absolute Gasteiger partial charge is 0.223 e. The molecule has 0 aliphatic carbocycles. The molecule has 15 heavy (non-hydrogen) atoms. The van der Waals surface area contributed by atoms with Gasteiger partial charge in [0.1, 0.15) is 17.2 Å². The number of nitrogens with zero attached hydrogens (tertiary/aromatic N) is 2. The fourth-order valence-corrected chi connectivity index (χ4v) is 1.23. The lowest BCUT2D eigenvalue weighted by atomic mass is 10.2. The van der Waals surface area contributed by atoms with Gasteiger partial charge >= 0.3 is 0 Å². The fraction of sp³-hybridized carbons (Fsp3) is 0. The van der Waals surface area contributed by atoms with Gasteiger partial charge in [-0.2, -0.15) is 0 Å². The third-order valence-electron chi connectivity index (χ3n) is 1.80. The largest absolute Gasteiger partial charge is 0.439 e. The second-order valence-electron chi connectivity index (χ2n) is 2.89. The number of rotatable bonds is 2. The molecule has 3 nitrogen and oxygen atoms in total. The monoisotopic (exact) mass is 219 g/mol. The van der Waals surface area contributed by atoms with Gasteiger partial charge in [-0.3, -0.25) is 0 Å². The second kappa shape index (κ2) is 4.28. The number of hydrogen-bond donors (Lipinski definition) is 0. The normalized spacial score (nSPS) is 10.0. The Labute approximate surface area is 92.7 Å². The van der Waals surface area contributed by atoms with Gasteiger partial charge in [0.2, 0.25) is 5.88 Å². The van der Waals surface area contributed by atoms with E-state index in [1.165, 1.54) is 6.33 Å². The molecule has 0 N–H and O–H groups in total. The molecule has 75 valence electrons. The van der Waals surface area contributed by atoms with Crippen molar-refractivity contribution in [2.45, 2.75) is 0 Å². The molecule has 0 saturated carbocycles. The highest BCUT2D eigenvalue weighted by atomic mass is 35.5. The SMILES string of the molecule is [CH2]c1ccccc1Oc1cc(Cl)ncn1. The Morgan fingerprint density at radius 3 is 2.73 bits per heavy atom. The van der Waals surface area contributed by atoms with E-state index in [-0.39, 0.29) is 0 Å². The maximum absolute atomic E-state index is 5.70. The number of para-hydroxylation sites is 1. The van der Waals surface area contributed by atoms with Crippen LogP contribution in [0.5, 0.6) is 11.6 Å². The molecule has 0 unspecified atom stereocenters. The third kappa shape index (κ3) is 2.44. The summed E-state index contributed by atoms with van der Waals surface area (Å²) in [6, 6.07) is 8.99. The van der Waals surface area contributed by atoms with Gasteiger partial charge in [0, 0.05) is 6.07 Å². The summed E-state index contributed by atoms with van der Waals surface area (Å²) < 4.78 is 5.49. The minimum Gasteiger partial charge on any atom is -0.439 e. The van der Waals surface area contributed by atoms with Gasteiger partial charge in [-0.25, -0.2) is 9.97 Å². The number of benzene rings is 1. The molecule has 0 bridgehead atoms. The lowest BCUT2D eigenvalue weighted by molar-refractivity contribution is 0.459. The van der Waals surface area contributed by atoms with E-state index in [4.69, 9.17) is 16.3 Å². The standard InChI is InChI=1S/C11H8ClN2O/c1-8-4-2-3-5-9(8)15-11-6-10(12)13-7-14-11/h2-7H,1H2. The van der Waals surface area contributed by atoms with Crippen molar-refractivity contribution >= 4 is 11.6 Å². The summed E-state index contributed by atoms with van der Waals surface area (Å²) in [6.45, 7) is 3.84. The van der Waals surface area contributed by atoms with E-state index in [2.05, 4.69) is 16.9 Å².